The number of rotatable bonds is 6. The van der Waals surface area contributed by atoms with E-state index in [0.717, 1.165) is 0 Å². The first-order valence-corrected chi connectivity index (χ1v) is 11.2. The number of carbonyl (C=O) groups is 3. The lowest BCUT2D eigenvalue weighted by Gasteiger charge is -2.38. The Labute approximate surface area is 187 Å². The van der Waals surface area contributed by atoms with Crippen LogP contribution in [-0.4, -0.2) is 52.2 Å². The van der Waals surface area contributed by atoms with E-state index < -0.39 is 35.3 Å². The molecule has 0 saturated carbocycles. The van der Waals surface area contributed by atoms with Gasteiger partial charge < -0.3 is 14.8 Å². The van der Waals surface area contributed by atoms with Crippen LogP contribution in [0.1, 0.15) is 82.1 Å². The molecule has 178 valence electrons. The molecule has 0 aromatic heterocycles. The molecule has 7 nitrogen and oxygen atoms in total. The Hall–Kier alpha value is -2.05. The molecule has 0 spiro atoms. The fourth-order valence-electron chi connectivity index (χ4n) is 4.05. The second kappa shape index (κ2) is 10.5. The zero-order chi connectivity index (χ0) is 24.1. The molecule has 1 fully saturated rings. The number of carbonyl (C=O) groups excluding carboxylic acids is 3. The van der Waals surface area contributed by atoms with E-state index in [1.807, 2.05) is 19.1 Å². The second-order valence-electron chi connectivity index (χ2n) is 10.8. The van der Waals surface area contributed by atoms with Crippen LogP contribution in [0.15, 0.2) is 12.2 Å². The van der Waals surface area contributed by atoms with Crippen molar-refractivity contribution in [3.63, 3.8) is 0 Å². The highest BCUT2D eigenvalue weighted by molar-refractivity contribution is 5.83. The first-order chi connectivity index (χ1) is 14.1. The van der Waals surface area contributed by atoms with Crippen molar-refractivity contribution in [2.24, 2.45) is 11.8 Å². The molecule has 31 heavy (non-hydrogen) atoms. The van der Waals surface area contributed by atoms with E-state index in [9.17, 15) is 14.4 Å². The number of likely N-dealkylation sites (tertiary alicyclic amines) is 1. The number of esters is 1. The van der Waals surface area contributed by atoms with Crippen molar-refractivity contribution in [1.29, 1.82) is 0 Å². The van der Waals surface area contributed by atoms with E-state index in [0.29, 0.717) is 12.8 Å². The molecule has 1 saturated heterocycles. The lowest BCUT2D eigenvalue weighted by atomic mass is 9.88. The molecule has 4 atom stereocenters. The summed E-state index contributed by atoms with van der Waals surface area (Å²) in [7, 11) is 0. The molecule has 7 heteroatoms. The summed E-state index contributed by atoms with van der Waals surface area (Å²) in [6.07, 6.45) is 4.43. The maximum atomic E-state index is 13.3. The van der Waals surface area contributed by atoms with Gasteiger partial charge in [0, 0.05) is 12.8 Å². The van der Waals surface area contributed by atoms with Crippen LogP contribution in [0.2, 0.25) is 0 Å². The minimum atomic E-state index is -0.788. The first kappa shape index (κ1) is 27.0. The first-order valence-electron chi connectivity index (χ1n) is 11.2. The highest BCUT2D eigenvalue weighted by Gasteiger charge is 2.51. The Bertz CT molecular complexity index is 672. The van der Waals surface area contributed by atoms with Crippen LogP contribution in [-0.2, 0) is 19.1 Å². The molecular weight excluding hydrogens is 396 g/mol. The van der Waals surface area contributed by atoms with Crippen LogP contribution < -0.4 is 5.32 Å². The lowest BCUT2D eigenvalue weighted by molar-refractivity contribution is -0.160. The van der Waals surface area contributed by atoms with Gasteiger partial charge in [-0.2, -0.15) is 0 Å². The highest BCUT2D eigenvalue weighted by atomic mass is 16.6. The molecule has 0 aromatic rings. The molecule has 1 rings (SSSR count). The van der Waals surface area contributed by atoms with Crippen molar-refractivity contribution in [2.75, 3.05) is 0 Å². The number of hydrogen-bond donors (Lipinski definition) is 1. The fourth-order valence-corrected chi connectivity index (χ4v) is 4.05. The Morgan fingerprint density at radius 3 is 2.03 bits per heavy atom. The van der Waals surface area contributed by atoms with Gasteiger partial charge in [-0.15, -0.1) is 0 Å². The third-order valence-corrected chi connectivity index (χ3v) is 4.84. The van der Waals surface area contributed by atoms with Gasteiger partial charge in [-0.05, 0) is 67.2 Å². The topological polar surface area (TPSA) is 84.9 Å². The van der Waals surface area contributed by atoms with E-state index in [4.69, 9.17) is 9.47 Å². The van der Waals surface area contributed by atoms with E-state index in [-0.39, 0.29) is 23.8 Å². The number of ether oxygens (including phenoxy) is 2. The molecular formula is C24H42N2O5. The summed E-state index contributed by atoms with van der Waals surface area (Å²) in [4.78, 5) is 40.0. The quantitative estimate of drug-likeness (QED) is 0.489. The van der Waals surface area contributed by atoms with Gasteiger partial charge in [-0.3, -0.25) is 9.69 Å². The van der Waals surface area contributed by atoms with Crippen LogP contribution in [0.3, 0.4) is 0 Å². The Morgan fingerprint density at radius 2 is 1.61 bits per heavy atom. The highest BCUT2D eigenvalue weighted by Crippen LogP contribution is 2.37. The third-order valence-electron chi connectivity index (χ3n) is 4.84. The molecule has 1 heterocycles. The molecule has 0 aliphatic carbocycles. The number of nitrogens with one attached hydrogen (secondary N) is 1. The van der Waals surface area contributed by atoms with Crippen molar-refractivity contribution in [3.8, 4) is 0 Å². The number of amides is 2. The second-order valence-corrected chi connectivity index (χ2v) is 10.8. The number of hydrogen-bond acceptors (Lipinski definition) is 5. The summed E-state index contributed by atoms with van der Waals surface area (Å²) in [6, 6.07) is -1.53. The average Bonchev–Trinajstić information content (AvgIpc) is 2.90. The SMILES string of the molecule is CC=C[C@@H]1C[C@@H](C(=O)OC(C)(C)C)N(C(=O)OC(C)(C)C)[C@H]1[C@H](CC(C)C)NC(C)=O. The fraction of sp³-hybridized carbons (Fsp3) is 0.792. The molecule has 2 amide bonds. The van der Waals surface area contributed by atoms with E-state index in [2.05, 4.69) is 19.2 Å². The van der Waals surface area contributed by atoms with Crippen LogP contribution >= 0.6 is 0 Å². The van der Waals surface area contributed by atoms with Gasteiger partial charge >= 0.3 is 12.1 Å². The summed E-state index contributed by atoms with van der Waals surface area (Å²) in [5.41, 5.74) is -1.40. The Kier molecular flexibility index (Phi) is 9.15. The van der Waals surface area contributed by atoms with Crippen molar-refractivity contribution in [3.05, 3.63) is 12.2 Å². The summed E-state index contributed by atoms with van der Waals surface area (Å²) in [5, 5.41) is 3.02. The molecule has 0 bridgehead atoms. The predicted molar refractivity (Wildman–Crippen MR) is 121 cm³/mol. The van der Waals surface area contributed by atoms with Crippen LogP contribution in [0.4, 0.5) is 4.79 Å². The van der Waals surface area contributed by atoms with Gasteiger partial charge in [0.05, 0.1) is 12.1 Å². The molecule has 0 unspecified atom stereocenters. The molecule has 1 aliphatic heterocycles. The lowest BCUT2D eigenvalue weighted by Crippen LogP contribution is -2.57. The summed E-state index contributed by atoms with van der Waals surface area (Å²) in [5.74, 6) is -0.467. The van der Waals surface area contributed by atoms with E-state index in [1.165, 1.54) is 11.8 Å². The maximum Gasteiger partial charge on any atom is 0.411 e. The summed E-state index contributed by atoms with van der Waals surface area (Å²) < 4.78 is 11.3. The average molecular weight is 439 g/mol. The van der Waals surface area contributed by atoms with Crippen molar-refractivity contribution in [1.82, 2.24) is 10.2 Å². The van der Waals surface area contributed by atoms with E-state index >= 15 is 0 Å². The van der Waals surface area contributed by atoms with Gasteiger partial charge in [0.2, 0.25) is 5.91 Å². The predicted octanol–water partition coefficient (Wildman–Crippen LogP) is 4.45. The minimum absolute atomic E-state index is 0.120. The normalized spacial score (nSPS) is 23.2. The van der Waals surface area contributed by atoms with Crippen LogP contribution in [0.25, 0.3) is 0 Å². The third kappa shape index (κ3) is 8.54. The zero-order valence-electron chi connectivity index (χ0n) is 20.9. The molecule has 1 aliphatic rings. The van der Waals surface area contributed by atoms with Gasteiger partial charge in [0.15, 0.2) is 0 Å². The Balaban J connectivity index is 3.50. The minimum Gasteiger partial charge on any atom is -0.458 e. The van der Waals surface area contributed by atoms with Gasteiger partial charge in [0.25, 0.3) is 0 Å². The van der Waals surface area contributed by atoms with Gasteiger partial charge in [-0.1, -0.05) is 26.0 Å². The van der Waals surface area contributed by atoms with Gasteiger partial charge in [0.1, 0.15) is 17.2 Å². The maximum absolute atomic E-state index is 13.3. The standard InChI is InChI=1S/C24H42N2O5/c1-11-12-17-14-19(21(28)30-23(5,6)7)26(22(29)31-24(8,9)10)20(17)18(13-15(2)3)25-16(4)27/h11-12,15,17-20H,13-14H2,1-10H3,(H,25,27)/t17-,18+,19+,20-/m1/s1. The van der Waals surface area contributed by atoms with Gasteiger partial charge in [-0.25, -0.2) is 9.59 Å². The summed E-state index contributed by atoms with van der Waals surface area (Å²) >= 11 is 0. The summed E-state index contributed by atoms with van der Waals surface area (Å²) in [6.45, 7) is 18.3. The van der Waals surface area contributed by atoms with Crippen molar-refractivity contribution >= 4 is 18.0 Å². The smallest absolute Gasteiger partial charge is 0.411 e. The molecule has 0 aromatic carbocycles. The Morgan fingerprint density at radius 1 is 1.06 bits per heavy atom. The monoisotopic (exact) mass is 438 g/mol. The van der Waals surface area contributed by atoms with Crippen LogP contribution in [0.5, 0.6) is 0 Å². The van der Waals surface area contributed by atoms with E-state index in [1.54, 1.807) is 41.5 Å². The molecule has 0 radical (unpaired) electrons. The molecule has 1 N–H and O–H groups in total. The number of allylic oxidation sites excluding steroid dienone is 1. The van der Waals surface area contributed by atoms with Crippen molar-refractivity contribution < 1.29 is 23.9 Å². The largest absolute Gasteiger partial charge is 0.458 e. The number of nitrogens with zero attached hydrogens (tertiary/aromatic N) is 1. The van der Waals surface area contributed by atoms with Crippen molar-refractivity contribution in [2.45, 2.75) is 111 Å². The van der Waals surface area contributed by atoms with Crippen LogP contribution in [0, 0.1) is 11.8 Å². The zero-order valence-corrected chi connectivity index (χ0v) is 20.9.